The van der Waals surface area contributed by atoms with Crippen LogP contribution in [0, 0.1) is 0 Å². The normalized spacial score (nSPS) is 14.5. The van der Waals surface area contributed by atoms with Crippen molar-refractivity contribution in [2.24, 2.45) is 0 Å². The number of hydrogen-bond donors (Lipinski definition) is 1. The zero-order valence-corrected chi connectivity index (χ0v) is 12.5. The Hall–Kier alpha value is -0.840. The summed E-state index contributed by atoms with van der Waals surface area (Å²) in [4.78, 5) is 0. The summed E-state index contributed by atoms with van der Waals surface area (Å²) in [5, 5.41) is 15.4. The lowest BCUT2D eigenvalue weighted by Gasteiger charge is -2.25. The van der Waals surface area contributed by atoms with E-state index in [2.05, 4.69) is 21.0 Å². The van der Waals surface area contributed by atoms with Crippen LogP contribution >= 0.6 is 27.5 Å². The van der Waals surface area contributed by atoms with E-state index in [1.807, 2.05) is 31.2 Å². The van der Waals surface area contributed by atoms with Gasteiger partial charge in [0, 0.05) is 11.0 Å². The molecular weight excluding hydrogens is 316 g/mol. The van der Waals surface area contributed by atoms with Gasteiger partial charge in [-0.3, -0.25) is 4.68 Å². The van der Waals surface area contributed by atoms with E-state index in [1.165, 1.54) is 0 Å². The number of benzene rings is 1. The van der Waals surface area contributed by atoms with Crippen molar-refractivity contribution in [3.05, 3.63) is 51.2 Å². The van der Waals surface area contributed by atoms with Gasteiger partial charge in [0.05, 0.1) is 16.9 Å². The smallest absolute Gasteiger partial charge is 0.130 e. The maximum atomic E-state index is 10.8. The zero-order chi connectivity index (χ0) is 13.3. The Bertz CT molecular complexity index is 566. The van der Waals surface area contributed by atoms with E-state index >= 15 is 0 Å². The average molecular weight is 330 g/mol. The molecule has 0 fully saturated rings. The molecule has 0 aliphatic carbocycles. The van der Waals surface area contributed by atoms with Gasteiger partial charge in [-0.15, -0.1) is 0 Å². The first-order chi connectivity index (χ1) is 8.46. The maximum Gasteiger partial charge on any atom is 0.130 e. The minimum Gasteiger partial charge on any atom is -0.379 e. The van der Waals surface area contributed by atoms with E-state index in [0.717, 1.165) is 10.0 Å². The first kappa shape index (κ1) is 13.6. The van der Waals surface area contributed by atoms with Crippen molar-refractivity contribution >= 4 is 27.5 Å². The van der Waals surface area contributed by atoms with Crippen molar-refractivity contribution in [3.8, 4) is 0 Å². The molecule has 0 aliphatic rings. The van der Waals surface area contributed by atoms with Gasteiger partial charge in [-0.05, 0) is 31.5 Å². The van der Waals surface area contributed by atoms with Crippen molar-refractivity contribution in [1.29, 1.82) is 0 Å². The van der Waals surface area contributed by atoms with Gasteiger partial charge in [0.25, 0.3) is 0 Å². The quantitative estimate of drug-likeness (QED) is 0.935. The molecule has 1 aromatic heterocycles. The highest BCUT2D eigenvalue weighted by Gasteiger charge is 2.32. The predicted octanol–water partition coefficient (Wildman–Crippen LogP) is 3.57. The molecule has 0 saturated heterocycles. The fourth-order valence-corrected chi connectivity index (χ4v) is 2.74. The SMILES string of the molecule is CCn1ncc(Cl)c1C(C)(O)c1cccc(Br)c1. The second kappa shape index (κ2) is 5.03. The van der Waals surface area contributed by atoms with Gasteiger partial charge in [0.15, 0.2) is 0 Å². The number of rotatable bonds is 3. The Morgan fingerprint density at radius 3 is 2.83 bits per heavy atom. The third-order valence-electron chi connectivity index (χ3n) is 2.94. The molecule has 0 aliphatic heterocycles. The van der Waals surface area contributed by atoms with E-state index in [9.17, 15) is 5.11 Å². The summed E-state index contributed by atoms with van der Waals surface area (Å²) < 4.78 is 2.63. The standard InChI is InChI=1S/C13H14BrClN2O/c1-3-17-12(11(15)8-16-17)13(2,18)9-5-4-6-10(14)7-9/h4-8,18H,3H2,1-2H3. The minimum atomic E-state index is -1.17. The summed E-state index contributed by atoms with van der Waals surface area (Å²) in [6.07, 6.45) is 1.56. The van der Waals surface area contributed by atoms with Crippen LogP contribution in [-0.2, 0) is 12.1 Å². The molecule has 1 heterocycles. The molecule has 1 unspecified atom stereocenters. The van der Waals surface area contributed by atoms with Crippen molar-refractivity contribution in [2.75, 3.05) is 0 Å². The van der Waals surface area contributed by atoms with Gasteiger partial charge in [-0.2, -0.15) is 5.10 Å². The molecule has 2 rings (SSSR count). The van der Waals surface area contributed by atoms with E-state index in [-0.39, 0.29) is 0 Å². The lowest BCUT2D eigenvalue weighted by atomic mass is 9.92. The van der Waals surface area contributed by atoms with Crippen molar-refractivity contribution in [1.82, 2.24) is 9.78 Å². The van der Waals surface area contributed by atoms with Crippen molar-refractivity contribution in [3.63, 3.8) is 0 Å². The van der Waals surface area contributed by atoms with E-state index < -0.39 is 5.60 Å². The van der Waals surface area contributed by atoms with Crippen LogP contribution in [0.2, 0.25) is 5.02 Å². The Kier molecular flexibility index (Phi) is 3.80. The molecule has 96 valence electrons. The second-order valence-corrected chi connectivity index (χ2v) is 5.56. The molecule has 1 N–H and O–H groups in total. The molecule has 1 atom stereocenters. The minimum absolute atomic E-state index is 0.474. The fraction of sp³-hybridized carbons (Fsp3) is 0.308. The fourth-order valence-electron chi connectivity index (χ4n) is 2.01. The highest BCUT2D eigenvalue weighted by Crippen LogP contribution is 2.34. The highest BCUT2D eigenvalue weighted by molar-refractivity contribution is 9.10. The average Bonchev–Trinajstić information content (AvgIpc) is 2.71. The van der Waals surface area contributed by atoms with Crippen LogP contribution in [0.5, 0.6) is 0 Å². The van der Waals surface area contributed by atoms with Crippen LogP contribution in [0.15, 0.2) is 34.9 Å². The summed E-state index contributed by atoms with van der Waals surface area (Å²) in [7, 11) is 0. The molecular formula is C13H14BrClN2O. The van der Waals surface area contributed by atoms with Crippen LogP contribution < -0.4 is 0 Å². The molecule has 2 aromatic rings. The molecule has 1 aromatic carbocycles. The number of halogens is 2. The van der Waals surface area contributed by atoms with Gasteiger partial charge in [0.2, 0.25) is 0 Å². The Morgan fingerprint density at radius 1 is 1.50 bits per heavy atom. The molecule has 0 amide bonds. The first-order valence-corrected chi connectivity index (χ1v) is 6.84. The van der Waals surface area contributed by atoms with Gasteiger partial charge in [0.1, 0.15) is 5.60 Å². The highest BCUT2D eigenvalue weighted by atomic mass is 79.9. The third-order valence-corrected chi connectivity index (χ3v) is 3.71. The lowest BCUT2D eigenvalue weighted by Crippen LogP contribution is -2.27. The first-order valence-electron chi connectivity index (χ1n) is 5.67. The summed E-state index contributed by atoms with van der Waals surface area (Å²) in [5.41, 5.74) is 0.214. The van der Waals surface area contributed by atoms with Crippen molar-refractivity contribution in [2.45, 2.75) is 26.0 Å². The molecule has 0 spiro atoms. The summed E-state index contributed by atoms with van der Waals surface area (Å²) in [5.74, 6) is 0. The molecule has 3 nitrogen and oxygen atoms in total. The van der Waals surface area contributed by atoms with Crippen LogP contribution in [0.4, 0.5) is 0 Å². The lowest BCUT2D eigenvalue weighted by molar-refractivity contribution is 0.0918. The van der Waals surface area contributed by atoms with Crippen molar-refractivity contribution < 1.29 is 5.11 Å². The number of aromatic nitrogens is 2. The molecule has 0 bridgehead atoms. The van der Waals surface area contributed by atoms with Gasteiger partial charge in [-0.1, -0.05) is 39.7 Å². The zero-order valence-electron chi connectivity index (χ0n) is 10.2. The van der Waals surface area contributed by atoms with Crippen LogP contribution in [0.3, 0.4) is 0 Å². The van der Waals surface area contributed by atoms with E-state index in [4.69, 9.17) is 11.6 Å². The largest absolute Gasteiger partial charge is 0.379 e. The molecule has 18 heavy (non-hydrogen) atoms. The third kappa shape index (κ3) is 2.32. The Morgan fingerprint density at radius 2 is 2.22 bits per heavy atom. The maximum absolute atomic E-state index is 10.8. The molecule has 5 heteroatoms. The number of nitrogens with zero attached hydrogens (tertiary/aromatic N) is 2. The summed E-state index contributed by atoms with van der Waals surface area (Å²) in [6, 6.07) is 7.55. The Balaban J connectivity index is 2.57. The van der Waals surface area contributed by atoms with Crippen LogP contribution in [-0.4, -0.2) is 14.9 Å². The van der Waals surface area contributed by atoms with Gasteiger partial charge in [-0.25, -0.2) is 0 Å². The van der Waals surface area contributed by atoms with Gasteiger partial charge >= 0.3 is 0 Å². The van der Waals surface area contributed by atoms with Crippen LogP contribution in [0.25, 0.3) is 0 Å². The molecule has 0 radical (unpaired) electrons. The molecule has 0 saturated carbocycles. The Labute approximate surface area is 120 Å². The number of aryl methyl sites for hydroxylation is 1. The van der Waals surface area contributed by atoms with Gasteiger partial charge < -0.3 is 5.11 Å². The second-order valence-electron chi connectivity index (χ2n) is 4.24. The predicted molar refractivity (Wildman–Crippen MR) is 75.7 cm³/mol. The monoisotopic (exact) mass is 328 g/mol. The number of hydrogen-bond acceptors (Lipinski definition) is 2. The summed E-state index contributed by atoms with van der Waals surface area (Å²) >= 11 is 9.55. The topological polar surface area (TPSA) is 38.0 Å². The van der Waals surface area contributed by atoms with E-state index in [0.29, 0.717) is 17.3 Å². The van der Waals surface area contributed by atoms with E-state index in [1.54, 1.807) is 17.8 Å². The number of aliphatic hydroxyl groups is 1. The summed E-state index contributed by atoms with van der Waals surface area (Å²) in [6.45, 7) is 4.35. The van der Waals surface area contributed by atoms with Crippen LogP contribution in [0.1, 0.15) is 25.1 Å².